The fraction of sp³-hybridized carbons (Fsp3) is 0.190. The molecule has 23 heavy (non-hydrogen) atoms. The van der Waals surface area contributed by atoms with Crippen molar-refractivity contribution in [3.05, 3.63) is 77.4 Å². The van der Waals surface area contributed by atoms with E-state index in [9.17, 15) is 9.90 Å². The fourth-order valence-electron chi connectivity index (χ4n) is 3.55. The molecule has 1 atom stereocenters. The van der Waals surface area contributed by atoms with E-state index < -0.39 is 0 Å². The molecule has 0 amide bonds. The molecule has 1 unspecified atom stereocenters. The van der Waals surface area contributed by atoms with Crippen LogP contribution in [0.15, 0.2) is 60.7 Å². The molecule has 0 heterocycles. The van der Waals surface area contributed by atoms with Gasteiger partial charge in [-0.2, -0.15) is 0 Å². The molecule has 0 aromatic heterocycles. The number of fused-ring (bicyclic) bond motifs is 2. The Hall–Kier alpha value is -2.61. The first-order valence-electron chi connectivity index (χ1n) is 8.04. The molecular formula is C21H18O2. The van der Waals surface area contributed by atoms with Crippen molar-refractivity contribution in [3.63, 3.8) is 0 Å². The van der Waals surface area contributed by atoms with Gasteiger partial charge in [0.15, 0.2) is 5.78 Å². The van der Waals surface area contributed by atoms with E-state index >= 15 is 0 Å². The molecule has 0 fully saturated rings. The van der Waals surface area contributed by atoms with Crippen molar-refractivity contribution >= 4 is 16.6 Å². The van der Waals surface area contributed by atoms with Gasteiger partial charge in [0, 0.05) is 11.5 Å². The van der Waals surface area contributed by atoms with Crippen molar-refractivity contribution in [3.8, 4) is 5.75 Å². The summed E-state index contributed by atoms with van der Waals surface area (Å²) < 4.78 is 0. The smallest absolute Gasteiger partial charge is 0.166 e. The summed E-state index contributed by atoms with van der Waals surface area (Å²) in [6, 6.07) is 19.8. The predicted molar refractivity (Wildman–Crippen MR) is 91.9 cm³/mol. The average Bonchev–Trinajstić information content (AvgIpc) is 2.57. The maximum atomic E-state index is 12.7. The van der Waals surface area contributed by atoms with Crippen molar-refractivity contribution in [2.24, 2.45) is 5.92 Å². The topological polar surface area (TPSA) is 37.3 Å². The first kappa shape index (κ1) is 14.0. The Morgan fingerprint density at radius 2 is 1.78 bits per heavy atom. The number of hydrogen-bond acceptors (Lipinski definition) is 2. The maximum absolute atomic E-state index is 12.7. The summed E-state index contributed by atoms with van der Waals surface area (Å²) in [4.78, 5) is 12.7. The zero-order chi connectivity index (χ0) is 15.8. The Kier molecular flexibility index (Phi) is 3.38. The number of carbonyl (C=O) groups is 1. The van der Waals surface area contributed by atoms with Crippen LogP contribution in [0.2, 0.25) is 0 Å². The van der Waals surface area contributed by atoms with Crippen LogP contribution in [0.25, 0.3) is 10.8 Å². The van der Waals surface area contributed by atoms with Crippen molar-refractivity contribution < 1.29 is 9.90 Å². The highest BCUT2D eigenvalue weighted by molar-refractivity contribution is 6.00. The molecular weight excluding hydrogens is 284 g/mol. The SMILES string of the molecule is O=C1c2ccc(O)cc2CCC1Cc1ccc2ccccc2c1. The van der Waals surface area contributed by atoms with Gasteiger partial charge < -0.3 is 5.11 Å². The Morgan fingerprint density at radius 3 is 2.65 bits per heavy atom. The van der Waals surface area contributed by atoms with Crippen molar-refractivity contribution in [2.75, 3.05) is 0 Å². The van der Waals surface area contributed by atoms with Gasteiger partial charge in [-0.15, -0.1) is 0 Å². The highest BCUT2D eigenvalue weighted by atomic mass is 16.3. The third kappa shape index (κ3) is 2.61. The molecule has 0 saturated carbocycles. The number of phenolic OH excluding ortho intramolecular Hbond substituents is 1. The molecule has 1 N–H and O–H groups in total. The quantitative estimate of drug-likeness (QED) is 0.755. The number of Topliss-reactive ketones (excluding diaryl/α,β-unsaturated/α-hetero) is 1. The first-order valence-corrected chi connectivity index (χ1v) is 8.04. The Labute approximate surface area is 135 Å². The number of benzene rings is 3. The minimum absolute atomic E-state index is 0.0354. The van der Waals surface area contributed by atoms with E-state index in [1.165, 1.54) is 16.3 Å². The second-order valence-electron chi connectivity index (χ2n) is 6.33. The van der Waals surface area contributed by atoms with Crippen LogP contribution in [-0.2, 0) is 12.8 Å². The molecule has 0 radical (unpaired) electrons. The van der Waals surface area contributed by atoms with Gasteiger partial charge in [-0.05, 0) is 59.4 Å². The lowest BCUT2D eigenvalue weighted by Crippen LogP contribution is -2.24. The fourth-order valence-corrected chi connectivity index (χ4v) is 3.55. The molecule has 2 heteroatoms. The second-order valence-corrected chi connectivity index (χ2v) is 6.33. The predicted octanol–water partition coefficient (Wildman–Crippen LogP) is 4.53. The standard InChI is InChI=1S/C21H18O2/c22-19-9-10-20-17(13-19)7-8-18(21(20)23)12-14-5-6-15-3-1-2-4-16(15)11-14/h1-6,9-11,13,18,22H,7-8,12H2. The van der Waals surface area contributed by atoms with Crippen LogP contribution in [0.4, 0.5) is 0 Å². The van der Waals surface area contributed by atoms with Crippen LogP contribution in [0.3, 0.4) is 0 Å². The average molecular weight is 302 g/mol. The third-order valence-corrected chi connectivity index (χ3v) is 4.78. The van der Waals surface area contributed by atoms with Gasteiger partial charge in [-0.25, -0.2) is 0 Å². The number of phenols is 1. The van der Waals surface area contributed by atoms with Gasteiger partial charge in [-0.1, -0.05) is 42.5 Å². The Balaban J connectivity index is 1.61. The van der Waals surface area contributed by atoms with Gasteiger partial charge in [0.1, 0.15) is 5.75 Å². The molecule has 114 valence electrons. The Morgan fingerprint density at radius 1 is 0.957 bits per heavy atom. The van der Waals surface area contributed by atoms with Gasteiger partial charge in [0.25, 0.3) is 0 Å². The number of aryl methyl sites for hydroxylation is 1. The minimum atomic E-state index is 0.0354. The maximum Gasteiger partial charge on any atom is 0.166 e. The minimum Gasteiger partial charge on any atom is -0.508 e. The summed E-state index contributed by atoms with van der Waals surface area (Å²) in [5, 5.41) is 12.0. The van der Waals surface area contributed by atoms with Crippen molar-refractivity contribution in [2.45, 2.75) is 19.3 Å². The number of hydrogen-bond donors (Lipinski definition) is 1. The van der Waals surface area contributed by atoms with Crippen LogP contribution in [0.1, 0.15) is 27.9 Å². The summed E-state index contributed by atoms with van der Waals surface area (Å²) in [7, 11) is 0. The van der Waals surface area contributed by atoms with Gasteiger partial charge in [0.05, 0.1) is 0 Å². The van der Waals surface area contributed by atoms with E-state index in [1.54, 1.807) is 18.2 Å². The van der Waals surface area contributed by atoms with E-state index in [0.29, 0.717) is 0 Å². The van der Waals surface area contributed by atoms with Crippen molar-refractivity contribution in [1.82, 2.24) is 0 Å². The van der Waals surface area contributed by atoms with Gasteiger partial charge >= 0.3 is 0 Å². The lowest BCUT2D eigenvalue weighted by molar-refractivity contribution is 0.0901. The zero-order valence-electron chi connectivity index (χ0n) is 12.8. The molecule has 0 bridgehead atoms. The molecule has 0 spiro atoms. The van der Waals surface area contributed by atoms with E-state index in [0.717, 1.165) is 30.4 Å². The van der Waals surface area contributed by atoms with Crippen molar-refractivity contribution in [1.29, 1.82) is 0 Å². The normalized spacial score (nSPS) is 17.2. The zero-order valence-corrected chi connectivity index (χ0v) is 12.8. The van der Waals surface area contributed by atoms with Crippen LogP contribution in [-0.4, -0.2) is 10.9 Å². The number of rotatable bonds is 2. The number of aromatic hydroxyl groups is 1. The van der Waals surface area contributed by atoms with Crippen LogP contribution < -0.4 is 0 Å². The summed E-state index contributed by atoms with van der Waals surface area (Å²) in [6.45, 7) is 0. The largest absolute Gasteiger partial charge is 0.508 e. The Bertz CT molecular complexity index is 895. The summed E-state index contributed by atoms with van der Waals surface area (Å²) >= 11 is 0. The lowest BCUT2D eigenvalue weighted by Gasteiger charge is -2.23. The van der Waals surface area contributed by atoms with Crippen LogP contribution >= 0.6 is 0 Å². The van der Waals surface area contributed by atoms with Gasteiger partial charge in [-0.3, -0.25) is 4.79 Å². The number of ketones is 1. The van der Waals surface area contributed by atoms with Crippen LogP contribution in [0.5, 0.6) is 5.75 Å². The molecule has 3 aromatic rings. The molecule has 3 aromatic carbocycles. The number of carbonyl (C=O) groups excluding carboxylic acids is 1. The summed E-state index contributed by atoms with van der Waals surface area (Å²) in [6.07, 6.45) is 2.49. The van der Waals surface area contributed by atoms with E-state index in [2.05, 4.69) is 30.3 Å². The molecule has 4 rings (SSSR count). The van der Waals surface area contributed by atoms with E-state index in [4.69, 9.17) is 0 Å². The van der Waals surface area contributed by atoms with E-state index in [-0.39, 0.29) is 17.5 Å². The highest BCUT2D eigenvalue weighted by Gasteiger charge is 2.27. The van der Waals surface area contributed by atoms with E-state index in [1.807, 2.05) is 12.1 Å². The molecule has 0 saturated heterocycles. The molecule has 0 aliphatic heterocycles. The summed E-state index contributed by atoms with van der Waals surface area (Å²) in [5.41, 5.74) is 2.97. The lowest BCUT2D eigenvalue weighted by atomic mass is 9.79. The van der Waals surface area contributed by atoms with Gasteiger partial charge in [0.2, 0.25) is 0 Å². The molecule has 1 aliphatic rings. The molecule has 1 aliphatic carbocycles. The van der Waals surface area contributed by atoms with Crippen LogP contribution in [0, 0.1) is 5.92 Å². The highest BCUT2D eigenvalue weighted by Crippen LogP contribution is 2.30. The third-order valence-electron chi connectivity index (χ3n) is 4.78. The first-order chi connectivity index (χ1) is 11.2. The monoisotopic (exact) mass is 302 g/mol. The summed E-state index contributed by atoms with van der Waals surface area (Å²) in [5.74, 6) is 0.483. The second kappa shape index (κ2) is 5.54. The molecule has 2 nitrogen and oxygen atoms in total.